The second-order valence-corrected chi connectivity index (χ2v) is 5.77. The van der Waals surface area contributed by atoms with Gasteiger partial charge in [0.05, 0.1) is 5.92 Å². The molecule has 18 heavy (non-hydrogen) atoms. The molecule has 5 heteroatoms. The van der Waals surface area contributed by atoms with Crippen LogP contribution in [0.2, 0.25) is 0 Å². The molecule has 2 rings (SSSR count). The molecule has 0 bridgehead atoms. The minimum atomic E-state index is -0.229. The van der Waals surface area contributed by atoms with E-state index in [1.165, 1.54) is 0 Å². The monoisotopic (exact) mass is 312 g/mol. The van der Waals surface area contributed by atoms with Crippen molar-refractivity contribution in [2.75, 3.05) is 13.1 Å². The van der Waals surface area contributed by atoms with Crippen molar-refractivity contribution in [3.8, 4) is 5.75 Å². The minimum absolute atomic E-state index is 0.0552. The van der Waals surface area contributed by atoms with E-state index in [1.807, 2.05) is 19.1 Å². The maximum absolute atomic E-state index is 11.1. The summed E-state index contributed by atoms with van der Waals surface area (Å²) in [5.74, 6) is 0.0493. The molecule has 1 aliphatic heterocycles. The van der Waals surface area contributed by atoms with Crippen LogP contribution in [0.3, 0.4) is 0 Å². The molecule has 1 atom stereocenters. The Labute approximate surface area is 115 Å². The molecule has 1 saturated heterocycles. The molecule has 0 aromatic heterocycles. The Hall–Kier alpha value is -1.07. The van der Waals surface area contributed by atoms with E-state index in [-0.39, 0.29) is 11.8 Å². The first-order chi connectivity index (χ1) is 8.47. The van der Waals surface area contributed by atoms with Crippen LogP contribution in [-0.4, -0.2) is 29.0 Å². The predicted molar refractivity (Wildman–Crippen MR) is 73.1 cm³/mol. The number of halogens is 1. The number of rotatable bonds is 3. The van der Waals surface area contributed by atoms with E-state index in [4.69, 9.17) is 5.73 Å². The third-order valence-corrected chi connectivity index (χ3v) is 3.87. The van der Waals surface area contributed by atoms with Crippen LogP contribution in [0.25, 0.3) is 0 Å². The number of hydrogen-bond acceptors (Lipinski definition) is 3. The first-order valence-corrected chi connectivity index (χ1v) is 6.76. The molecule has 98 valence electrons. The standard InChI is InChI=1S/C13H17BrN2O2/c1-8-4-11(14)5-10(12(8)17)7-16-3-2-9(6-16)13(15)18/h4-5,9,17H,2-3,6-7H2,1H3,(H2,15,18). The molecular formula is C13H17BrN2O2. The summed E-state index contributed by atoms with van der Waals surface area (Å²) in [7, 11) is 0. The third-order valence-electron chi connectivity index (χ3n) is 3.41. The van der Waals surface area contributed by atoms with E-state index in [9.17, 15) is 9.90 Å². The van der Waals surface area contributed by atoms with Crippen molar-refractivity contribution >= 4 is 21.8 Å². The summed E-state index contributed by atoms with van der Waals surface area (Å²) in [6.07, 6.45) is 0.809. The predicted octanol–water partition coefficient (Wildman–Crippen LogP) is 1.77. The number of benzene rings is 1. The first-order valence-electron chi connectivity index (χ1n) is 5.97. The van der Waals surface area contributed by atoms with Gasteiger partial charge in [0.2, 0.25) is 5.91 Å². The van der Waals surface area contributed by atoms with E-state index in [1.54, 1.807) is 0 Å². The number of carbonyl (C=O) groups excluding carboxylic acids is 1. The summed E-state index contributed by atoms with van der Waals surface area (Å²) in [5.41, 5.74) is 7.04. The number of hydrogen-bond donors (Lipinski definition) is 2. The van der Waals surface area contributed by atoms with Crippen LogP contribution >= 0.6 is 15.9 Å². The molecule has 1 aromatic rings. The number of nitrogens with zero attached hydrogens (tertiary/aromatic N) is 1. The molecule has 1 aromatic carbocycles. The quantitative estimate of drug-likeness (QED) is 0.894. The summed E-state index contributed by atoms with van der Waals surface area (Å²) in [4.78, 5) is 13.3. The number of amides is 1. The number of likely N-dealkylation sites (tertiary alicyclic amines) is 1. The minimum Gasteiger partial charge on any atom is -0.507 e. The zero-order valence-corrected chi connectivity index (χ0v) is 11.9. The van der Waals surface area contributed by atoms with Gasteiger partial charge in [0.1, 0.15) is 5.75 Å². The van der Waals surface area contributed by atoms with Gasteiger partial charge in [-0.15, -0.1) is 0 Å². The lowest BCUT2D eigenvalue weighted by atomic mass is 10.1. The summed E-state index contributed by atoms with van der Waals surface area (Å²) < 4.78 is 0.957. The van der Waals surface area contributed by atoms with Crippen molar-refractivity contribution in [2.24, 2.45) is 11.7 Å². The van der Waals surface area contributed by atoms with Gasteiger partial charge in [0.15, 0.2) is 0 Å². The van der Waals surface area contributed by atoms with Crippen molar-refractivity contribution in [3.05, 3.63) is 27.7 Å². The Bertz CT molecular complexity index is 476. The van der Waals surface area contributed by atoms with Crippen LogP contribution in [0.5, 0.6) is 5.75 Å². The Morgan fingerprint density at radius 3 is 2.94 bits per heavy atom. The number of aromatic hydroxyl groups is 1. The third kappa shape index (κ3) is 2.84. The zero-order valence-electron chi connectivity index (χ0n) is 10.3. The lowest BCUT2D eigenvalue weighted by molar-refractivity contribution is -0.121. The SMILES string of the molecule is Cc1cc(Br)cc(CN2CCC(C(N)=O)C2)c1O. The molecule has 0 radical (unpaired) electrons. The highest BCUT2D eigenvalue weighted by atomic mass is 79.9. The van der Waals surface area contributed by atoms with Gasteiger partial charge in [-0.3, -0.25) is 9.69 Å². The van der Waals surface area contributed by atoms with Crippen LogP contribution in [0, 0.1) is 12.8 Å². The van der Waals surface area contributed by atoms with Gasteiger partial charge in [-0.2, -0.15) is 0 Å². The molecule has 1 fully saturated rings. The van der Waals surface area contributed by atoms with E-state index in [0.29, 0.717) is 18.8 Å². The molecule has 1 heterocycles. The van der Waals surface area contributed by atoms with Gasteiger partial charge in [-0.1, -0.05) is 15.9 Å². The fourth-order valence-corrected chi connectivity index (χ4v) is 2.99. The van der Waals surface area contributed by atoms with Crippen molar-refractivity contribution in [1.82, 2.24) is 4.90 Å². The van der Waals surface area contributed by atoms with Crippen molar-refractivity contribution in [3.63, 3.8) is 0 Å². The van der Waals surface area contributed by atoms with E-state index >= 15 is 0 Å². The van der Waals surface area contributed by atoms with Gasteiger partial charge in [0, 0.05) is 23.1 Å². The molecule has 0 saturated carbocycles. The van der Waals surface area contributed by atoms with Crippen LogP contribution in [0.1, 0.15) is 17.5 Å². The average molecular weight is 313 g/mol. The number of nitrogens with two attached hydrogens (primary N) is 1. The van der Waals surface area contributed by atoms with Crippen molar-refractivity contribution < 1.29 is 9.90 Å². The smallest absolute Gasteiger partial charge is 0.221 e. The lowest BCUT2D eigenvalue weighted by Crippen LogP contribution is -2.27. The summed E-state index contributed by atoms with van der Waals surface area (Å²) in [6, 6.07) is 3.80. The Balaban J connectivity index is 2.09. The molecule has 0 aliphatic carbocycles. The van der Waals surface area contributed by atoms with Crippen LogP contribution in [-0.2, 0) is 11.3 Å². The average Bonchev–Trinajstić information content (AvgIpc) is 2.74. The Kier molecular flexibility index (Phi) is 3.92. The number of aryl methyl sites for hydroxylation is 1. The molecule has 4 nitrogen and oxygen atoms in total. The number of primary amides is 1. The summed E-state index contributed by atoms with van der Waals surface area (Å²) in [6.45, 7) is 4.05. The van der Waals surface area contributed by atoms with Gasteiger partial charge >= 0.3 is 0 Å². The van der Waals surface area contributed by atoms with E-state index < -0.39 is 0 Å². The van der Waals surface area contributed by atoms with Crippen LogP contribution in [0.15, 0.2) is 16.6 Å². The highest BCUT2D eigenvalue weighted by molar-refractivity contribution is 9.10. The largest absolute Gasteiger partial charge is 0.507 e. The molecule has 1 amide bonds. The fourth-order valence-electron chi connectivity index (χ4n) is 2.37. The molecule has 1 unspecified atom stereocenters. The lowest BCUT2D eigenvalue weighted by Gasteiger charge is -2.17. The van der Waals surface area contributed by atoms with Gasteiger partial charge in [-0.05, 0) is 37.6 Å². The second-order valence-electron chi connectivity index (χ2n) is 4.85. The van der Waals surface area contributed by atoms with Crippen molar-refractivity contribution in [1.29, 1.82) is 0 Å². The maximum Gasteiger partial charge on any atom is 0.221 e. The maximum atomic E-state index is 11.1. The molecule has 0 spiro atoms. The van der Waals surface area contributed by atoms with Crippen LogP contribution in [0.4, 0.5) is 0 Å². The fraction of sp³-hybridized carbons (Fsp3) is 0.462. The van der Waals surface area contributed by atoms with E-state index in [0.717, 1.165) is 28.6 Å². The molecular weight excluding hydrogens is 296 g/mol. The van der Waals surface area contributed by atoms with E-state index in [2.05, 4.69) is 20.8 Å². The van der Waals surface area contributed by atoms with Gasteiger partial charge in [0.25, 0.3) is 0 Å². The summed E-state index contributed by atoms with van der Waals surface area (Å²) in [5, 5.41) is 10.0. The van der Waals surface area contributed by atoms with Crippen molar-refractivity contribution in [2.45, 2.75) is 19.9 Å². The zero-order chi connectivity index (χ0) is 13.3. The number of phenols is 1. The number of carbonyl (C=O) groups is 1. The van der Waals surface area contributed by atoms with Gasteiger partial charge < -0.3 is 10.8 Å². The first kappa shape index (κ1) is 13.4. The molecule has 3 N–H and O–H groups in total. The Morgan fingerprint density at radius 2 is 2.33 bits per heavy atom. The second kappa shape index (κ2) is 5.28. The molecule has 1 aliphatic rings. The normalized spacial score (nSPS) is 20.2. The van der Waals surface area contributed by atoms with Gasteiger partial charge in [-0.25, -0.2) is 0 Å². The highest BCUT2D eigenvalue weighted by Gasteiger charge is 2.27. The highest BCUT2D eigenvalue weighted by Crippen LogP contribution is 2.29. The number of phenolic OH excluding ortho intramolecular Hbond substituents is 1. The topological polar surface area (TPSA) is 66.6 Å². The Morgan fingerprint density at radius 1 is 1.61 bits per heavy atom. The summed E-state index contributed by atoms with van der Waals surface area (Å²) >= 11 is 3.43. The van der Waals surface area contributed by atoms with Crippen LogP contribution < -0.4 is 5.73 Å².